The first kappa shape index (κ1) is 21.2. The van der Waals surface area contributed by atoms with Gasteiger partial charge in [-0.2, -0.15) is 0 Å². The Kier molecular flexibility index (Phi) is 9.55. The maximum absolute atomic E-state index is 11.9. The van der Waals surface area contributed by atoms with Gasteiger partial charge in [0, 0.05) is 0 Å². The van der Waals surface area contributed by atoms with Gasteiger partial charge in [-0.05, 0) is 52.0 Å². The fourth-order valence-corrected chi connectivity index (χ4v) is 0.430. The number of hydrogen-bond donors (Lipinski definition) is 5. The fraction of sp³-hybridized carbons (Fsp3) is 0.500. The second kappa shape index (κ2) is 8.99. The molecule has 0 spiro atoms. The summed E-state index contributed by atoms with van der Waals surface area (Å²) in [5.74, 6) is -0.821. The van der Waals surface area contributed by atoms with E-state index in [1.165, 1.54) is 0 Å². The summed E-state index contributed by atoms with van der Waals surface area (Å²) in [5, 5.41) is 39.7. The van der Waals surface area contributed by atoms with Crippen LogP contribution in [0.5, 0.6) is 0 Å². The minimum atomic E-state index is -2.17. The molecular formula is C12H21BF2O5. The van der Waals surface area contributed by atoms with Crippen molar-refractivity contribution in [3.63, 3.8) is 0 Å². The van der Waals surface area contributed by atoms with Gasteiger partial charge >= 0.3 is 7.32 Å². The average molecular weight is 294 g/mol. The molecule has 20 heavy (non-hydrogen) atoms. The molecule has 0 saturated carbocycles. The summed E-state index contributed by atoms with van der Waals surface area (Å²) in [4.78, 5) is 0. The van der Waals surface area contributed by atoms with Gasteiger partial charge < -0.3 is 25.3 Å². The Morgan fingerprint density at radius 1 is 0.750 bits per heavy atom. The number of halogens is 2. The number of benzene rings is 1. The minimum absolute atomic E-state index is 0.411. The molecule has 5 nitrogen and oxygen atoms in total. The molecule has 0 aliphatic carbocycles. The van der Waals surface area contributed by atoms with Gasteiger partial charge in [0.1, 0.15) is 11.6 Å². The Bertz CT molecular complexity index is 322. The smallest absolute Gasteiger partial charge is 0.402 e. The molecule has 0 aliphatic rings. The number of aliphatic hydroxyl groups is 2. The quantitative estimate of drug-likeness (QED) is 0.484. The van der Waals surface area contributed by atoms with Gasteiger partial charge in [0.05, 0.1) is 11.2 Å². The van der Waals surface area contributed by atoms with Crippen LogP contribution in [0.15, 0.2) is 24.3 Å². The van der Waals surface area contributed by atoms with E-state index in [9.17, 15) is 8.78 Å². The Labute approximate surface area is 117 Å². The molecule has 1 rings (SSSR count). The van der Waals surface area contributed by atoms with Crippen LogP contribution in [-0.4, -0.2) is 43.8 Å². The predicted molar refractivity (Wildman–Crippen MR) is 71.4 cm³/mol. The Balaban J connectivity index is 0. The van der Waals surface area contributed by atoms with Gasteiger partial charge in [-0.3, -0.25) is 0 Å². The van der Waals surface area contributed by atoms with E-state index >= 15 is 0 Å². The number of rotatable bonds is 1. The van der Waals surface area contributed by atoms with Crippen LogP contribution < -0.4 is 0 Å². The van der Waals surface area contributed by atoms with Crippen molar-refractivity contribution in [2.75, 3.05) is 0 Å². The van der Waals surface area contributed by atoms with Crippen molar-refractivity contribution in [1.82, 2.24) is 0 Å². The lowest BCUT2D eigenvalue weighted by atomic mass is 9.90. The van der Waals surface area contributed by atoms with Crippen LogP contribution in [-0.2, 0) is 0 Å². The highest BCUT2D eigenvalue weighted by Gasteiger charge is 2.31. The van der Waals surface area contributed by atoms with Crippen molar-refractivity contribution >= 4 is 7.32 Å². The first-order valence-electron chi connectivity index (χ1n) is 5.67. The normalized spacial score (nSPS) is 10.8. The van der Waals surface area contributed by atoms with E-state index in [-0.39, 0.29) is 0 Å². The average Bonchev–Trinajstić information content (AvgIpc) is 2.19. The molecule has 5 N–H and O–H groups in total. The lowest BCUT2D eigenvalue weighted by Gasteiger charge is -2.31. The molecule has 0 bridgehead atoms. The third kappa shape index (κ3) is 13.4. The van der Waals surface area contributed by atoms with Crippen molar-refractivity contribution in [2.45, 2.75) is 38.9 Å². The highest BCUT2D eigenvalue weighted by Crippen LogP contribution is 2.19. The molecule has 0 atom stereocenters. The van der Waals surface area contributed by atoms with Gasteiger partial charge in [0.15, 0.2) is 0 Å². The van der Waals surface area contributed by atoms with E-state index in [4.69, 9.17) is 25.3 Å². The molecule has 1 aromatic carbocycles. The van der Waals surface area contributed by atoms with Crippen LogP contribution in [0, 0.1) is 11.6 Å². The lowest BCUT2D eigenvalue weighted by Crippen LogP contribution is -2.44. The molecule has 0 aliphatic heterocycles. The standard InChI is InChI=1S/C6H4F2.C6H14O2.BH3O3/c7-5-1-2-6(8)4-3-5;1-5(2,7)6(3,4)8;2-1(3)4/h1-4H;7-8H,1-4H3;2-4H. The molecule has 0 amide bonds. The minimum Gasteiger partial charge on any atom is -0.402 e. The third-order valence-electron chi connectivity index (χ3n) is 2.30. The topological polar surface area (TPSA) is 101 Å². The molecule has 0 saturated heterocycles. The van der Waals surface area contributed by atoms with Gasteiger partial charge in [-0.25, -0.2) is 8.78 Å². The second-order valence-corrected chi connectivity index (χ2v) is 4.90. The molecule has 0 unspecified atom stereocenters. The van der Waals surface area contributed by atoms with Gasteiger partial charge in [0.2, 0.25) is 0 Å². The van der Waals surface area contributed by atoms with E-state index < -0.39 is 30.2 Å². The lowest BCUT2D eigenvalue weighted by molar-refractivity contribution is -0.107. The SMILES string of the molecule is CC(C)(O)C(C)(C)O.Fc1ccc(F)cc1.OB(O)O. The molecule has 1 aromatic rings. The number of hydrogen-bond acceptors (Lipinski definition) is 5. The monoisotopic (exact) mass is 294 g/mol. The van der Waals surface area contributed by atoms with Crippen molar-refractivity contribution in [3.05, 3.63) is 35.9 Å². The van der Waals surface area contributed by atoms with E-state index in [2.05, 4.69) is 0 Å². The summed E-state index contributed by atoms with van der Waals surface area (Å²) in [5.41, 5.74) is -2.01. The Morgan fingerprint density at radius 2 is 0.900 bits per heavy atom. The fourth-order valence-electron chi connectivity index (χ4n) is 0.430. The zero-order valence-electron chi connectivity index (χ0n) is 11.9. The second-order valence-electron chi connectivity index (χ2n) is 4.90. The molecule has 8 heteroatoms. The zero-order chi connectivity index (χ0) is 16.6. The van der Waals surface area contributed by atoms with E-state index in [1.807, 2.05) is 0 Å². The summed E-state index contributed by atoms with van der Waals surface area (Å²) in [6, 6.07) is 4.31. The van der Waals surface area contributed by atoms with Gasteiger partial charge in [-0.15, -0.1) is 0 Å². The maximum Gasteiger partial charge on any atom is 0.631 e. The van der Waals surface area contributed by atoms with E-state index in [0.717, 1.165) is 24.3 Å². The molecule has 116 valence electrons. The molecule has 0 aromatic heterocycles. The van der Waals surface area contributed by atoms with Crippen LogP contribution in [0.1, 0.15) is 27.7 Å². The van der Waals surface area contributed by atoms with Gasteiger partial charge in [0.25, 0.3) is 0 Å². The summed E-state index contributed by atoms with van der Waals surface area (Å²) in [6.07, 6.45) is 0. The predicted octanol–water partition coefficient (Wildman–Crippen LogP) is 0.441. The molecular weight excluding hydrogens is 273 g/mol. The Hall–Kier alpha value is -1.06. The van der Waals surface area contributed by atoms with Crippen molar-refractivity contribution in [3.8, 4) is 0 Å². The zero-order valence-corrected chi connectivity index (χ0v) is 11.9. The summed E-state index contributed by atoms with van der Waals surface area (Å²) < 4.78 is 23.8. The largest absolute Gasteiger partial charge is 0.631 e. The summed E-state index contributed by atoms with van der Waals surface area (Å²) in [6.45, 7) is 6.31. The first-order chi connectivity index (χ1) is 8.77. The Morgan fingerprint density at radius 3 is 1.00 bits per heavy atom. The molecule has 0 heterocycles. The van der Waals surface area contributed by atoms with Crippen molar-refractivity contribution in [1.29, 1.82) is 0 Å². The highest BCUT2D eigenvalue weighted by molar-refractivity contribution is 6.30. The van der Waals surface area contributed by atoms with Crippen LogP contribution in [0.2, 0.25) is 0 Å². The first-order valence-corrected chi connectivity index (χ1v) is 5.67. The van der Waals surface area contributed by atoms with Crippen molar-refractivity contribution in [2.24, 2.45) is 0 Å². The van der Waals surface area contributed by atoms with Crippen LogP contribution in [0.3, 0.4) is 0 Å². The van der Waals surface area contributed by atoms with Crippen molar-refractivity contribution < 1.29 is 34.1 Å². The van der Waals surface area contributed by atoms with E-state index in [1.54, 1.807) is 27.7 Å². The highest BCUT2D eigenvalue weighted by atomic mass is 19.1. The van der Waals surface area contributed by atoms with Crippen LogP contribution >= 0.6 is 0 Å². The van der Waals surface area contributed by atoms with Crippen LogP contribution in [0.4, 0.5) is 8.78 Å². The summed E-state index contributed by atoms with van der Waals surface area (Å²) in [7, 11) is -2.17. The molecule has 0 radical (unpaired) electrons. The molecule has 0 fully saturated rings. The third-order valence-corrected chi connectivity index (χ3v) is 2.30. The van der Waals surface area contributed by atoms with Crippen LogP contribution in [0.25, 0.3) is 0 Å². The van der Waals surface area contributed by atoms with Gasteiger partial charge in [-0.1, -0.05) is 0 Å². The maximum atomic E-state index is 11.9. The summed E-state index contributed by atoms with van der Waals surface area (Å²) >= 11 is 0. The van der Waals surface area contributed by atoms with E-state index in [0.29, 0.717) is 0 Å².